The summed E-state index contributed by atoms with van der Waals surface area (Å²) >= 11 is 0. The summed E-state index contributed by atoms with van der Waals surface area (Å²) in [5, 5.41) is 3.37. The quantitative estimate of drug-likeness (QED) is 0.651. The molecule has 0 aromatic rings. The number of rotatable bonds is 1. The first-order chi connectivity index (χ1) is 6.32. The Bertz CT molecular complexity index is 218. The van der Waals surface area contributed by atoms with Crippen molar-refractivity contribution < 1.29 is 9.53 Å². The lowest BCUT2D eigenvalue weighted by molar-refractivity contribution is -0.156. The van der Waals surface area contributed by atoms with Crippen LogP contribution in [0.2, 0.25) is 0 Å². The molecule has 1 rings (SSSR count). The lowest BCUT2D eigenvalue weighted by Gasteiger charge is -2.38. The molecule has 0 bridgehead atoms. The number of carbonyl (C=O) groups excluding carboxylic acids is 1. The van der Waals surface area contributed by atoms with Crippen molar-refractivity contribution in [1.29, 1.82) is 0 Å². The molecule has 0 aliphatic carbocycles. The Hall–Kier alpha value is -0.570. The van der Waals surface area contributed by atoms with E-state index in [1.54, 1.807) is 0 Å². The van der Waals surface area contributed by atoms with Gasteiger partial charge in [0.15, 0.2) is 0 Å². The van der Waals surface area contributed by atoms with Crippen molar-refractivity contribution in [2.75, 3.05) is 6.61 Å². The summed E-state index contributed by atoms with van der Waals surface area (Å²) in [6.45, 7) is 10.9. The predicted molar refractivity (Wildman–Crippen MR) is 56.0 cm³/mol. The Morgan fingerprint density at radius 2 is 2.00 bits per heavy atom. The van der Waals surface area contributed by atoms with E-state index < -0.39 is 0 Å². The Morgan fingerprint density at radius 3 is 2.43 bits per heavy atom. The highest BCUT2D eigenvalue weighted by Crippen LogP contribution is 2.24. The first kappa shape index (κ1) is 11.5. The molecule has 0 aromatic carbocycles. The first-order valence-electron chi connectivity index (χ1n) is 5.25. The first-order valence-corrected chi connectivity index (χ1v) is 5.25. The zero-order valence-electron chi connectivity index (χ0n) is 9.76. The number of hydrogen-bond donors (Lipinski definition) is 1. The van der Waals surface area contributed by atoms with Crippen molar-refractivity contribution in [3.8, 4) is 0 Å². The highest BCUT2D eigenvalue weighted by atomic mass is 16.5. The molecule has 1 saturated heterocycles. The van der Waals surface area contributed by atoms with Crippen LogP contribution in [0.3, 0.4) is 0 Å². The van der Waals surface area contributed by atoms with Gasteiger partial charge in [0.2, 0.25) is 0 Å². The standard InChI is InChI=1S/C11H21NO2/c1-7(2)8-6-14-10(13)9(12-8)11(3,4)5/h7-9,12H,6H2,1-5H3. The molecule has 1 N–H and O–H groups in total. The fourth-order valence-electron chi connectivity index (χ4n) is 1.57. The summed E-state index contributed by atoms with van der Waals surface area (Å²) in [5.41, 5.74) is -0.0787. The normalized spacial score (nSPS) is 29.1. The molecule has 0 radical (unpaired) electrons. The molecule has 1 fully saturated rings. The van der Waals surface area contributed by atoms with Crippen LogP contribution >= 0.6 is 0 Å². The molecule has 3 nitrogen and oxygen atoms in total. The van der Waals surface area contributed by atoms with E-state index in [1.165, 1.54) is 0 Å². The van der Waals surface area contributed by atoms with Crippen molar-refractivity contribution in [1.82, 2.24) is 5.32 Å². The number of ether oxygens (including phenoxy) is 1. The van der Waals surface area contributed by atoms with Crippen LogP contribution in [-0.4, -0.2) is 24.7 Å². The number of hydrogen-bond acceptors (Lipinski definition) is 3. The second-order valence-electron chi connectivity index (χ2n) is 5.45. The lowest BCUT2D eigenvalue weighted by atomic mass is 9.84. The van der Waals surface area contributed by atoms with E-state index in [1.807, 2.05) is 0 Å². The van der Waals surface area contributed by atoms with Gasteiger partial charge in [-0.15, -0.1) is 0 Å². The third-order valence-corrected chi connectivity index (χ3v) is 2.69. The monoisotopic (exact) mass is 199 g/mol. The van der Waals surface area contributed by atoms with E-state index in [2.05, 4.69) is 39.9 Å². The van der Waals surface area contributed by atoms with Gasteiger partial charge < -0.3 is 4.74 Å². The molecule has 0 spiro atoms. The third-order valence-electron chi connectivity index (χ3n) is 2.69. The van der Waals surface area contributed by atoms with Crippen LogP contribution in [0.15, 0.2) is 0 Å². The predicted octanol–water partition coefficient (Wildman–Crippen LogP) is 1.57. The maximum Gasteiger partial charge on any atom is 0.323 e. The summed E-state index contributed by atoms with van der Waals surface area (Å²) in [5.74, 6) is 0.377. The molecule has 82 valence electrons. The summed E-state index contributed by atoms with van der Waals surface area (Å²) in [6.07, 6.45) is 0. The second-order valence-corrected chi connectivity index (χ2v) is 5.45. The van der Waals surface area contributed by atoms with Crippen molar-refractivity contribution in [2.24, 2.45) is 11.3 Å². The zero-order valence-corrected chi connectivity index (χ0v) is 9.76. The van der Waals surface area contributed by atoms with Crippen molar-refractivity contribution in [3.63, 3.8) is 0 Å². The molecule has 2 unspecified atom stereocenters. The number of morpholine rings is 1. The highest BCUT2D eigenvalue weighted by molar-refractivity contribution is 5.77. The second kappa shape index (κ2) is 3.89. The molecule has 0 saturated carbocycles. The van der Waals surface area contributed by atoms with Gasteiger partial charge in [-0.05, 0) is 11.3 Å². The molecule has 2 atom stereocenters. The summed E-state index contributed by atoms with van der Waals surface area (Å²) in [6, 6.07) is 0.112. The van der Waals surface area contributed by atoms with Crippen LogP contribution in [-0.2, 0) is 9.53 Å². The lowest BCUT2D eigenvalue weighted by Crippen LogP contribution is -2.58. The number of nitrogens with one attached hydrogen (secondary N) is 1. The van der Waals surface area contributed by atoms with Gasteiger partial charge in [-0.3, -0.25) is 10.1 Å². The molecule has 1 heterocycles. The number of esters is 1. The van der Waals surface area contributed by atoms with E-state index in [4.69, 9.17) is 4.74 Å². The number of carbonyl (C=O) groups is 1. The van der Waals surface area contributed by atoms with E-state index in [0.717, 1.165) is 0 Å². The molecule has 0 aromatic heterocycles. The third kappa shape index (κ3) is 2.47. The van der Waals surface area contributed by atoms with E-state index in [0.29, 0.717) is 12.5 Å². The molecule has 1 aliphatic rings. The fraction of sp³-hybridized carbons (Fsp3) is 0.909. The van der Waals surface area contributed by atoms with Gasteiger partial charge in [0.1, 0.15) is 12.6 Å². The Kier molecular flexibility index (Phi) is 3.20. The van der Waals surface area contributed by atoms with Gasteiger partial charge >= 0.3 is 5.97 Å². The van der Waals surface area contributed by atoms with Crippen LogP contribution in [0, 0.1) is 11.3 Å². The SMILES string of the molecule is CC(C)C1COC(=O)C(C(C)(C)C)N1. The van der Waals surface area contributed by atoms with Gasteiger partial charge in [-0.2, -0.15) is 0 Å². The summed E-state index contributed by atoms with van der Waals surface area (Å²) in [7, 11) is 0. The largest absolute Gasteiger partial charge is 0.463 e. The van der Waals surface area contributed by atoms with Crippen molar-refractivity contribution >= 4 is 5.97 Å². The maximum atomic E-state index is 11.5. The number of cyclic esters (lactones) is 1. The van der Waals surface area contributed by atoms with E-state index in [9.17, 15) is 4.79 Å². The van der Waals surface area contributed by atoms with Crippen LogP contribution < -0.4 is 5.32 Å². The molecule has 14 heavy (non-hydrogen) atoms. The minimum atomic E-state index is -0.177. The van der Waals surface area contributed by atoms with Gasteiger partial charge in [0, 0.05) is 6.04 Å². The van der Waals surface area contributed by atoms with Crippen LogP contribution in [0.5, 0.6) is 0 Å². The van der Waals surface area contributed by atoms with Gasteiger partial charge in [-0.1, -0.05) is 34.6 Å². The fourth-order valence-corrected chi connectivity index (χ4v) is 1.57. The van der Waals surface area contributed by atoms with Crippen LogP contribution in [0.1, 0.15) is 34.6 Å². The molecular formula is C11H21NO2. The smallest absolute Gasteiger partial charge is 0.323 e. The van der Waals surface area contributed by atoms with E-state index >= 15 is 0 Å². The zero-order chi connectivity index (χ0) is 10.9. The summed E-state index contributed by atoms with van der Waals surface area (Å²) < 4.78 is 5.19. The molecular weight excluding hydrogens is 178 g/mol. The van der Waals surface area contributed by atoms with Crippen LogP contribution in [0.4, 0.5) is 0 Å². The van der Waals surface area contributed by atoms with Crippen molar-refractivity contribution in [2.45, 2.75) is 46.7 Å². The Balaban J connectivity index is 2.70. The van der Waals surface area contributed by atoms with Crippen LogP contribution in [0.25, 0.3) is 0 Å². The van der Waals surface area contributed by atoms with Crippen molar-refractivity contribution in [3.05, 3.63) is 0 Å². The van der Waals surface area contributed by atoms with Gasteiger partial charge in [0.25, 0.3) is 0 Å². The average Bonchev–Trinajstić information content (AvgIpc) is 2.02. The van der Waals surface area contributed by atoms with Gasteiger partial charge in [0.05, 0.1) is 0 Å². The molecule has 0 amide bonds. The van der Waals surface area contributed by atoms with E-state index in [-0.39, 0.29) is 23.5 Å². The summed E-state index contributed by atoms with van der Waals surface area (Å²) in [4.78, 5) is 11.5. The topological polar surface area (TPSA) is 38.3 Å². The molecule has 1 aliphatic heterocycles. The maximum absolute atomic E-state index is 11.5. The Morgan fingerprint density at radius 1 is 1.43 bits per heavy atom. The minimum absolute atomic E-state index is 0.0787. The highest BCUT2D eigenvalue weighted by Gasteiger charge is 2.38. The minimum Gasteiger partial charge on any atom is -0.463 e. The average molecular weight is 199 g/mol. The molecule has 3 heteroatoms. The van der Waals surface area contributed by atoms with Gasteiger partial charge in [-0.25, -0.2) is 0 Å². The Labute approximate surface area is 86.2 Å².